The number of carbonyl (C=O) groups excluding carboxylic acids is 1. The van der Waals surface area contributed by atoms with Gasteiger partial charge in [-0.15, -0.1) is 0 Å². The van der Waals surface area contributed by atoms with Crippen molar-refractivity contribution in [1.29, 1.82) is 0 Å². The van der Waals surface area contributed by atoms with Crippen LogP contribution in [0, 0.1) is 0 Å². The summed E-state index contributed by atoms with van der Waals surface area (Å²) in [7, 11) is 0. The fourth-order valence-electron chi connectivity index (χ4n) is 2.27. The lowest BCUT2D eigenvalue weighted by Crippen LogP contribution is -2.38. The molecule has 0 spiro atoms. The largest absolute Gasteiger partial charge is 0.484 e. The predicted molar refractivity (Wildman–Crippen MR) is 79.9 cm³/mol. The number of piperidine rings is 1. The first-order valence-corrected chi connectivity index (χ1v) is 7.24. The third kappa shape index (κ3) is 4.42. The van der Waals surface area contributed by atoms with Crippen molar-refractivity contribution in [3.63, 3.8) is 0 Å². The lowest BCUT2D eigenvalue weighted by Gasteiger charge is -2.26. The van der Waals surface area contributed by atoms with Crippen LogP contribution in [0.5, 0.6) is 5.75 Å². The molecule has 0 atom stereocenters. The number of hydrogen-bond acceptors (Lipinski definition) is 4. The molecule has 5 heteroatoms. The van der Waals surface area contributed by atoms with E-state index in [9.17, 15) is 4.79 Å². The molecule has 0 aromatic heterocycles. The van der Waals surface area contributed by atoms with Gasteiger partial charge in [-0.25, -0.2) is 0 Å². The number of anilines is 1. The van der Waals surface area contributed by atoms with E-state index in [1.165, 1.54) is 6.42 Å². The Balaban J connectivity index is 1.76. The second-order valence-electron chi connectivity index (χ2n) is 4.97. The average Bonchev–Trinajstić information content (AvgIpc) is 2.52. The van der Waals surface area contributed by atoms with Gasteiger partial charge in [-0.05, 0) is 43.5 Å². The normalized spacial score (nSPS) is 14.9. The van der Waals surface area contributed by atoms with Gasteiger partial charge < -0.3 is 20.7 Å². The van der Waals surface area contributed by atoms with Crippen molar-refractivity contribution in [3.05, 3.63) is 24.3 Å². The Morgan fingerprint density at radius 1 is 1.20 bits per heavy atom. The summed E-state index contributed by atoms with van der Waals surface area (Å²) >= 11 is 0. The summed E-state index contributed by atoms with van der Waals surface area (Å²) in [6.45, 7) is 3.19. The number of nitrogens with one attached hydrogen (secondary N) is 1. The predicted octanol–water partition coefficient (Wildman–Crippen LogP) is 1.45. The molecular weight excluding hydrogens is 254 g/mol. The summed E-state index contributed by atoms with van der Waals surface area (Å²) in [5.41, 5.74) is 6.43. The third-order valence-electron chi connectivity index (χ3n) is 3.40. The average molecular weight is 277 g/mol. The van der Waals surface area contributed by atoms with Crippen molar-refractivity contribution < 1.29 is 9.53 Å². The Hall–Kier alpha value is -1.75. The van der Waals surface area contributed by atoms with E-state index in [1.54, 1.807) is 0 Å². The standard InChI is InChI=1S/C15H23N3O2/c16-8-9-17-13-4-6-14(7-5-13)20-12-15(19)18-10-2-1-3-11-18/h4-7,17H,1-3,8-12,16H2. The van der Waals surface area contributed by atoms with E-state index in [4.69, 9.17) is 10.5 Å². The Morgan fingerprint density at radius 3 is 2.55 bits per heavy atom. The monoisotopic (exact) mass is 277 g/mol. The van der Waals surface area contributed by atoms with Gasteiger partial charge in [0.25, 0.3) is 5.91 Å². The molecular formula is C15H23N3O2. The maximum absolute atomic E-state index is 12.0. The molecule has 0 bridgehead atoms. The van der Waals surface area contributed by atoms with E-state index in [0.29, 0.717) is 12.3 Å². The molecule has 5 nitrogen and oxygen atoms in total. The number of benzene rings is 1. The molecule has 0 unspecified atom stereocenters. The zero-order valence-corrected chi connectivity index (χ0v) is 11.8. The Bertz CT molecular complexity index is 414. The second kappa shape index (κ2) is 7.75. The van der Waals surface area contributed by atoms with Crippen LogP contribution in [-0.2, 0) is 4.79 Å². The highest BCUT2D eigenvalue weighted by Gasteiger charge is 2.16. The zero-order chi connectivity index (χ0) is 14.2. The van der Waals surface area contributed by atoms with Gasteiger partial charge >= 0.3 is 0 Å². The van der Waals surface area contributed by atoms with Crippen molar-refractivity contribution in [2.75, 3.05) is 38.1 Å². The van der Waals surface area contributed by atoms with Crippen LogP contribution in [-0.4, -0.2) is 43.6 Å². The molecule has 3 N–H and O–H groups in total. The molecule has 110 valence electrons. The van der Waals surface area contributed by atoms with Crippen LogP contribution >= 0.6 is 0 Å². The van der Waals surface area contributed by atoms with Gasteiger partial charge in [0, 0.05) is 31.9 Å². The number of rotatable bonds is 6. The lowest BCUT2D eigenvalue weighted by molar-refractivity contribution is -0.134. The minimum absolute atomic E-state index is 0.0787. The van der Waals surface area contributed by atoms with Gasteiger partial charge in [0.15, 0.2) is 6.61 Å². The fourth-order valence-corrected chi connectivity index (χ4v) is 2.27. The number of ether oxygens (including phenoxy) is 1. The smallest absolute Gasteiger partial charge is 0.260 e. The third-order valence-corrected chi connectivity index (χ3v) is 3.40. The minimum atomic E-state index is 0.0787. The number of carbonyl (C=O) groups is 1. The van der Waals surface area contributed by atoms with Gasteiger partial charge in [-0.1, -0.05) is 0 Å². The molecule has 1 fully saturated rings. The molecule has 0 radical (unpaired) electrons. The highest BCUT2D eigenvalue weighted by molar-refractivity contribution is 5.77. The Morgan fingerprint density at radius 2 is 1.90 bits per heavy atom. The van der Waals surface area contributed by atoms with E-state index < -0.39 is 0 Å². The van der Waals surface area contributed by atoms with Crippen LogP contribution in [0.1, 0.15) is 19.3 Å². The first kappa shape index (κ1) is 14.7. The molecule has 1 aromatic rings. The van der Waals surface area contributed by atoms with Crippen molar-refractivity contribution in [1.82, 2.24) is 4.90 Å². The van der Waals surface area contributed by atoms with Crippen molar-refractivity contribution in [3.8, 4) is 5.75 Å². The van der Waals surface area contributed by atoms with Crippen LogP contribution in [0.15, 0.2) is 24.3 Å². The Labute approximate surface area is 120 Å². The number of nitrogens with two attached hydrogens (primary N) is 1. The zero-order valence-electron chi connectivity index (χ0n) is 11.8. The molecule has 0 aliphatic carbocycles. The van der Waals surface area contributed by atoms with E-state index in [-0.39, 0.29) is 12.5 Å². The molecule has 1 saturated heterocycles. The van der Waals surface area contributed by atoms with E-state index in [2.05, 4.69) is 5.32 Å². The quantitative estimate of drug-likeness (QED) is 0.826. The SMILES string of the molecule is NCCNc1ccc(OCC(=O)N2CCCCC2)cc1. The molecule has 1 heterocycles. The van der Waals surface area contributed by atoms with E-state index >= 15 is 0 Å². The van der Waals surface area contributed by atoms with Crippen LogP contribution in [0.25, 0.3) is 0 Å². The summed E-state index contributed by atoms with van der Waals surface area (Å²) in [6.07, 6.45) is 3.43. The molecule has 2 rings (SSSR count). The highest BCUT2D eigenvalue weighted by atomic mass is 16.5. The molecule has 1 aliphatic rings. The summed E-state index contributed by atoms with van der Waals surface area (Å²) in [5, 5.41) is 3.18. The number of nitrogens with zero attached hydrogens (tertiary/aromatic N) is 1. The molecule has 1 amide bonds. The molecule has 20 heavy (non-hydrogen) atoms. The number of likely N-dealkylation sites (tertiary alicyclic amines) is 1. The van der Waals surface area contributed by atoms with E-state index in [0.717, 1.165) is 38.2 Å². The molecule has 0 saturated carbocycles. The van der Waals surface area contributed by atoms with Crippen LogP contribution < -0.4 is 15.8 Å². The summed E-state index contributed by atoms with van der Waals surface area (Å²) in [4.78, 5) is 13.8. The Kier molecular flexibility index (Phi) is 5.68. The summed E-state index contributed by atoms with van der Waals surface area (Å²) in [5.74, 6) is 0.795. The van der Waals surface area contributed by atoms with E-state index in [1.807, 2.05) is 29.2 Å². The van der Waals surface area contributed by atoms with Crippen molar-refractivity contribution >= 4 is 11.6 Å². The maximum Gasteiger partial charge on any atom is 0.260 e. The fraction of sp³-hybridized carbons (Fsp3) is 0.533. The highest BCUT2D eigenvalue weighted by Crippen LogP contribution is 2.16. The maximum atomic E-state index is 12.0. The van der Waals surface area contributed by atoms with Crippen molar-refractivity contribution in [2.24, 2.45) is 5.73 Å². The molecule has 1 aromatic carbocycles. The van der Waals surface area contributed by atoms with Crippen molar-refractivity contribution in [2.45, 2.75) is 19.3 Å². The van der Waals surface area contributed by atoms with Crippen LogP contribution in [0.4, 0.5) is 5.69 Å². The summed E-state index contributed by atoms with van der Waals surface area (Å²) < 4.78 is 5.54. The van der Waals surface area contributed by atoms with Gasteiger partial charge in [0.2, 0.25) is 0 Å². The number of amides is 1. The minimum Gasteiger partial charge on any atom is -0.484 e. The van der Waals surface area contributed by atoms with Gasteiger partial charge in [-0.3, -0.25) is 4.79 Å². The van der Waals surface area contributed by atoms with Gasteiger partial charge in [0.05, 0.1) is 0 Å². The van der Waals surface area contributed by atoms with Crippen LogP contribution in [0.3, 0.4) is 0 Å². The second-order valence-corrected chi connectivity index (χ2v) is 4.97. The first-order chi connectivity index (χ1) is 9.79. The number of hydrogen-bond donors (Lipinski definition) is 2. The lowest BCUT2D eigenvalue weighted by atomic mass is 10.1. The topological polar surface area (TPSA) is 67.6 Å². The van der Waals surface area contributed by atoms with Gasteiger partial charge in [-0.2, -0.15) is 0 Å². The van der Waals surface area contributed by atoms with Crippen LogP contribution in [0.2, 0.25) is 0 Å². The first-order valence-electron chi connectivity index (χ1n) is 7.24. The van der Waals surface area contributed by atoms with Gasteiger partial charge in [0.1, 0.15) is 5.75 Å². The molecule has 1 aliphatic heterocycles. The summed E-state index contributed by atoms with van der Waals surface area (Å²) in [6, 6.07) is 7.58.